The average Bonchev–Trinajstić information content (AvgIpc) is 2.53. The Morgan fingerprint density at radius 2 is 1.82 bits per heavy atom. The minimum Gasteiger partial charge on any atom is -0.458 e. The fourth-order valence-electron chi connectivity index (χ4n) is 3.34. The monoisotopic (exact) mass is 299 g/mol. The van der Waals surface area contributed by atoms with Crippen molar-refractivity contribution < 1.29 is 14.5 Å². The van der Waals surface area contributed by atoms with Gasteiger partial charge in [0, 0.05) is 24.0 Å². The summed E-state index contributed by atoms with van der Waals surface area (Å²) in [6.45, 7) is 2.10. The molecule has 0 aliphatic heterocycles. The number of nitro benzene ring substituents is 1. The highest BCUT2D eigenvalue weighted by atomic mass is 16.6. The molecule has 0 aromatic heterocycles. The Morgan fingerprint density at radius 1 is 1.18 bits per heavy atom. The number of nitro groups is 1. The lowest BCUT2D eigenvalue weighted by Crippen LogP contribution is -2.52. The maximum atomic E-state index is 12.2. The number of hydrogen-bond acceptors (Lipinski definition) is 4. The fourth-order valence-corrected chi connectivity index (χ4v) is 3.34. The molecule has 5 nitrogen and oxygen atoms in total. The van der Waals surface area contributed by atoms with Crippen LogP contribution >= 0.6 is 0 Å². The van der Waals surface area contributed by atoms with E-state index in [4.69, 9.17) is 4.74 Å². The van der Waals surface area contributed by atoms with Gasteiger partial charge in [-0.25, -0.2) is 4.79 Å². The van der Waals surface area contributed by atoms with Gasteiger partial charge in [0.2, 0.25) is 0 Å². The second kappa shape index (κ2) is 5.75. The lowest BCUT2D eigenvalue weighted by Gasteiger charge is -2.49. The third-order valence-corrected chi connectivity index (χ3v) is 4.55. The molecule has 0 amide bonds. The Hall–Kier alpha value is -2.43. The Morgan fingerprint density at radius 3 is 2.41 bits per heavy atom. The van der Waals surface area contributed by atoms with E-state index in [2.05, 4.69) is 19.1 Å². The summed E-state index contributed by atoms with van der Waals surface area (Å²) in [5.41, 5.74) is 0.311. The molecule has 2 aliphatic rings. The molecule has 4 atom stereocenters. The van der Waals surface area contributed by atoms with Crippen molar-refractivity contribution in [3.8, 4) is 0 Å². The minimum atomic E-state index is -0.488. The molecule has 1 aromatic carbocycles. The third-order valence-electron chi connectivity index (χ3n) is 4.55. The molecule has 0 N–H and O–H groups in total. The maximum Gasteiger partial charge on any atom is 0.338 e. The molecule has 0 heterocycles. The number of benzene rings is 1. The molecule has 0 spiro atoms. The van der Waals surface area contributed by atoms with E-state index in [1.807, 2.05) is 12.2 Å². The van der Waals surface area contributed by atoms with Gasteiger partial charge in [0.25, 0.3) is 5.69 Å². The number of esters is 1. The van der Waals surface area contributed by atoms with Gasteiger partial charge in [-0.05, 0) is 24.5 Å². The lowest BCUT2D eigenvalue weighted by molar-refractivity contribution is -0.384. The molecule has 0 radical (unpaired) electrons. The number of allylic oxidation sites excluding steroid dienone is 3. The summed E-state index contributed by atoms with van der Waals surface area (Å²) >= 11 is 0. The zero-order chi connectivity index (χ0) is 15.7. The number of carbonyl (C=O) groups is 1. The van der Waals surface area contributed by atoms with Crippen LogP contribution in [0.2, 0.25) is 0 Å². The Kier molecular flexibility index (Phi) is 3.79. The molecule has 5 heteroatoms. The quantitative estimate of drug-likeness (QED) is 0.484. The SMILES string of the molecule is CC[C@H]1[C@H]2C=CC=C[C@@H]2[C@@H]1OC(=O)c1ccc([N+](=O)[O-])cc1. The summed E-state index contributed by atoms with van der Waals surface area (Å²) in [6.07, 6.45) is 9.13. The standard InChI is InChI=1S/C17H17NO4/c1-2-13-14-5-3-4-6-15(14)16(13)22-17(19)11-7-9-12(10-8-11)18(20)21/h3-10,13-16H,2H2,1H3/t13-,14+,15-,16+/m0/s1. The van der Waals surface area contributed by atoms with Gasteiger partial charge in [0.15, 0.2) is 0 Å². The van der Waals surface area contributed by atoms with Crippen LogP contribution in [0, 0.1) is 27.9 Å². The van der Waals surface area contributed by atoms with E-state index in [9.17, 15) is 14.9 Å². The summed E-state index contributed by atoms with van der Waals surface area (Å²) in [6, 6.07) is 5.52. The highest BCUT2D eigenvalue weighted by molar-refractivity contribution is 5.89. The van der Waals surface area contributed by atoms with Crippen LogP contribution in [-0.2, 0) is 4.74 Å². The van der Waals surface area contributed by atoms with Gasteiger partial charge in [0.1, 0.15) is 6.10 Å². The van der Waals surface area contributed by atoms with Crippen molar-refractivity contribution in [3.63, 3.8) is 0 Å². The van der Waals surface area contributed by atoms with Crippen LogP contribution in [0.3, 0.4) is 0 Å². The van der Waals surface area contributed by atoms with Crippen LogP contribution < -0.4 is 0 Å². The lowest BCUT2D eigenvalue weighted by atomic mass is 9.60. The molecule has 0 bridgehead atoms. The molecular formula is C17H17NO4. The minimum absolute atomic E-state index is 0.0351. The first-order valence-electron chi connectivity index (χ1n) is 7.42. The average molecular weight is 299 g/mol. The number of ether oxygens (including phenoxy) is 1. The molecule has 1 aromatic rings. The predicted octanol–water partition coefficient (Wildman–Crippen LogP) is 3.52. The number of fused-ring (bicyclic) bond motifs is 1. The van der Waals surface area contributed by atoms with Crippen molar-refractivity contribution >= 4 is 11.7 Å². The highest BCUT2D eigenvalue weighted by Crippen LogP contribution is 2.48. The molecule has 1 saturated carbocycles. The van der Waals surface area contributed by atoms with Crippen molar-refractivity contribution in [1.82, 2.24) is 0 Å². The van der Waals surface area contributed by atoms with Crippen LogP contribution in [-0.4, -0.2) is 17.0 Å². The van der Waals surface area contributed by atoms with Crippen molar-refractivity contribution in [1.29, 1.82) is 0 Å². The summed E-state index contributed by atoms with van der Waals surface area (Å²) < 4.78 is 5.65. The van der Waals surface area contributed by atoms with E-state index in [0.717, 1.165) is 6.42 Å². The number of rotatable bonds is 4. The summed E-state index contributed by atoms with van der Waals surface area (Å²) in [5, 5.41) is 10.6. The van der Waals surface area contributed by atoms with Crippen LogP contribution in [0.15, 0.2) is 48.6 Å². The van der Waals surface area contributed by atoms with Gasteiger partial charge in [-0.2, -0.15) is 0 Å². The molecule has 0 saturated heterocycles. The van der Waals surface area contributed by atoms with Gasteiger partial charge in [-0.15, -0.1) is 0 Å². The topological polar surface area (TPSA) is 69.4 Å². The summed E-state index contributed by atoms with van der Waals surface area (Å²) in [4.78, 5) is 22.4. The molecule has 0 unspecified atom stereocenters. The number of non-ortho nitro benzene ring substituents is 1. The third kappa shape index (κ3) is 2.43. The molecule has 1 fully saturated rings. The zero-order valence-corrected chi connectivity index (χ0v) is 12.2. The van der Waals surface area contributed by atoms with Gasteiger partial charge in [0.05, 0.1) is 10.5 Å². The van der Waals surface area contributed by atoms with Gasteiger partial charge in [-0.3, -0.25) is 10.1 Å². The molecular weight excluding hydrogens is 282 g/mol. The first kappa shape index (κ1) is 14.5. The smallest absolute Gasteiger partial charge is 0.338 e. The zero-order valence-electron chi connectivity index (χ0n) is 12.2. The Bertz CT molecular complexity index is 647. The van der Waals surface area contributed by atoms with Crippen LogP contribution in [0.1, 0.15) is 23.7 Å². The highest BCUT2D eigenvalue weighted by Gasteiger charge is 2.49. The largest absolute Gasteiger partial charge is 0.458 e. The molecule has 2 aliphatic carbocycles. The van der Waals surface area contributed by atoms with Crippen molar-refractivity contribution in [2.75, 3.05) is 0 Å². The van der Waals surface area contributed by atoms with E-state index in [1.165, 1.54) is 24.3 Å². The van der Waals surface area contributed by atoms with Crippen molar-refractivity contribution in [3.05, 3.63) is 64.2 Å². The Labute approximate surface area is 128 Å². The van der Waals surface area contributed by atoms with E-state index >= 15 is 0 Å². The van der Waals surface area contributed by atoms with Crippen LogP contribution in [0.4, 0.5) is 5.69 Å². The van der Waals surface area contributed by atoms with Gasteiger partial charge >= 0.3 is 5.97 Å². The van der Waals surface area contributed by atoms with Crippen molar-refractivity contribution in [2.24, 2.45) is 17.8 Å². The first-order valence-corrected chi connectivity index (χ1v) is 7.42. The number of hydrogen-bond donors (Lipinski definition) is 0. The van der Waals surface area contributed by atoms with E-state index in [0.29, 0.717) is 17.4 Å². The number of carbonyl (C=O) groups excluding carboxylic acids is 1. The van der Waals surface area contributed by atoms with E-state index < -0.39 is 10.9 Å². The fraction of sp³-hybridized carbons (Fsp3) is 0.353. The molecule has 114 valence electrons. The van der Waals surface area contributed by atoms with Crippen LogP contribution in [0.25, 0.3) is 0 Å². The van der Waals surface area contributed by atoms with Gasteiger partial charge in [-0.1, -0.05) is 31.2 Å². The summed E-state index contributed by atoms with van der Waals surface area (Å²) in [7, 11) is 0. The van der Waals surface area contributed by atoms with Crippen LogP contribution in [0.5, 0.6) is 0 Å². The normalized spacial score (nSPS) is 28.6. The number of nitrogens with zero attached hydrogens (tertiary/aromatic N) is 1. The second-order valence-corrected chi connectivity index (χ2v) is 5.67. The summed E-state index contributed by atoms with van der Waals surface area (Å²) in [5.74, 6) is 0.620. The Balaban J connectivity index is 1.70. The predicted molar refractivity (Wildman–Crippen MR) is 81.3 cm³/mol. The second-order valence-electron chi connectivity index (χ2n) is 5.67. The first-order chi connectivity index (χ1) is 10.6. The van der Waals surface area contributed by atoms with E-state index in [-0.39, 0.29) is 17.7 Å². The van der Waals surface area contributed by atoms with Gasteiger partial charge < -0.3 is 4.74 Å². The van der Waals surface area contributed by atoms with E-state index in [1.54, 1.807) is 0 Å². The molecule has 22 heavy (non-hydrogen) atoms. The maximum absolute atomic E-state index is 12.2. The van der Waals surface area contributed by atoms with Crippen molar-refractivity contribution in [2.45, 2.75) is 19.4 Å². The molecule has 3 rings (SSSR count).